The summed E-state index contributed by atoms with van der Waals surface area (Å²) in [6.45, 7) is 1.39. The van der Waals surface area contributed by atoms with Gasteiger partial charge in [-0.05, 0) is 6.07 Å². The molecular weight excluding hydrogens is 298 g/mol. The number of aromatic amines is 1. The van der Waals surface area contributed by atoms with Crippen molar-refractivity contribution < 1.29 is 14.6 Å². The van der Waals surface area contributed by atoms with Gasteiger partial charge in [-0.25, -0.2) is 19.7 Å². The minimum Gasteiger partial charge on any atom is -0.450 e. The van der Waals surface area contributed by atoms with Crippen molar-refractivity contribution in [1.29, 1.82) is 0 Å². The van der Waals surface area contributed by atoms with Crippen LogP contribution in [0.2, 0.25) is 0 Å². The van der Waals surface area contributed by atoms with E-state index in [0.29, 0.717) is 31.6 Å². The van der Waals surface area contributed by atoms with Crippen LogP contribution in [0.5, 0.6) is 0 Å². The number of pyridine rings is 1. The molecule has 2 N–H and O–H groups in total. The molecule has 1 aliphatic rings. The number of anilines is 1. The smallest absolute Gasteiger partial charge is 0.450 e. The van der Waals surface area contributed by atoms with E-state index in [1.165, 1.54) is 0 Å². The standard InChI is InChI=1S/C15H15N5O3/c21-15(22)23-9-2-5-20(6-3-9)14-12-10-1-4-16-13(10)17-7-11(12)18-8-19-14/h1,4,7-9H,2-3,5-6H2,(H,18,19)(H,21,22). The van der Waals surface area contributed by atoms with Crippen LogP contribution in [0.15, 0.2) is 24.8 Å². The number of nitrogens with one attached hydrogen (secondary N) is 1. The van der Waals surface area contributed by atoms with Gasteiger partial charge in [-0.2, -0.15) is 0 Å². The fraction of sp³-hybridized carbons (Fsp3) is 0.333. The van der Waals surface area contributed by atoms with Crippen LogP contribution in [0.3, 0.4) is 0 Å². The van der Waals surface area contributed by atoms with Gasteiger partial charge in [0.15, 0.2) is 5.65 Å². The summed E-state index contributed by atoms with van der Waals surface area (Å²) in [5, 5.41) is 10.7. The molecule has 8 heteroatoms. The normalized spacial score (nSPS) is 16.1. The molecule has 1 fully saturated rings. The Morgan fingerprint density at radius 1 is 1.30 bits per heavy atom. The molecule has 0 atom stereocenters. The summed E-state index contributed by atoms with van der Waals surface area (Å²) in [7, 11) is 0. The highest BCUT2D eigenvalue weighted by atomic mass is 16.7. The lowest BCUT2D eigenvalue weighted by molar-refractivity contribution is 0.0416. The molecule has 0 bridgehead atoms. The van der Waals surface area contributed by atoms with Crippen molar-refractivity contribution in [2.45, 2.75) is 18.9 Å². The highest BCUT2D eigenvalue weighted by Crippen LogP contribution is 2.31. The van der Waals surface area contributed by atoms with Crippen LogP contribution < -0.4 is 4.90 Å². The molecule has 23 heavy (non-hydrogen) atoms. The fourth-order valence-corrected chi connectivity index (χ4v) is 3.11. The van der Waals surface area contributed by atoms with Gasteiger partial charge in [-0.3, -0.25) is 0 Å². The van der Waals surface area contributed by atoms with Gasteiger partial charge in [-0.15, -0.1) is 0 Å². The zero-order chi connectivity index (χ0) is 15.8. The van der Waals surface area contributed by atoms with E-state index in [-0.39, 0.29) is 6.10 Å². The molecule has 4 rings (SSSR count). The zero-order valence-corrected chi connectivity index (χ0v) is 12.3. The molecule has 0 unspecified atom stereocenters. The first kappa shape index (κ1) is 13.7. The van der Waals surface area contributed by atoms with E-state index in [2.05, 4.69) is 24.8 Å². The Balaban J connectivity index is 1.69. The van der Waals surface area contributed by atoms with Crippen LogP contribution >= 0.6 is 0 Å². The second kappa shape index (κ2) is 5.38. The van der Waals surface area contributed by atoms with Crippen LogP contribution in [0.25, 0.3) is 21.9 Å². The maximum atomic E-state index is 10.6. The maximum absolute atomic E-state index is 10.6. The molecule has 118 valence electrons. The SMILES string of the molecule is O=C(O)OC1CCN(c2nc[nH]c3cnc4nccc4c23)CC1. The van der Waals surface area contributed by atoms with E-state index < -0.39 is 6.16 Å². The molecule has 0 spiro atoms. The molecule has 0 saturated carbocycles. The minimum absolute atomic E-state index is 0.243. The lowest BCUT2D eigenvalue weighted by atomic mass is 10.1. The van der Waals surface area contributed by atoms with Crippen molar-refractivity contribution in [3.05, 3.63) is 24.8 Å². The minimum atomic E-state index is -1.21. The van der Waals surface area contributed by atoms with Crippen LogP contribution in [-0.4, -0.2) is 50.4 Å². The first-order valence-electron chi connectivity index (χ1n) is 7.43. The molecule has 3 aromatic rings. The van der Waals surface area contributed by atoms with Gasteiger partial charge in [0.05, 0.1) is 23.4 Å². The topological polar surface area (TPSA) is 104 Å². The van der Waals surface area contributed by atoms with Crippen LogP contribution in [0, 0.1) is 0 Å². The number of hydrogen-bond acceptors (Lipinski definition) is 6. The summed E-state index contributed by atoms with van der Waals surface area (Å²) in [4.78, 5) is 29.0. The summed E-state index contributed by atoms with van der Waals surface area (Å²) in [6, 6.07) is 1.93. The maximum Gasteiger partial charge on any atom is 0.506 e. The number of carbonyl (C=O) groups is 1. The molecule has 8 nitrogen and oxygen atoms in total. The molecule has 0 aliphatic carbocycles. The van der Waals surface area contributed by atoms with Crippen molar-refractivity contribution in [3.8, 4) is 0 Å². The van der Waals surface area contributed by atoms with E-state index >= 15 is 0 Å². The number of fused-ring (bicyclic) bond motifs is 3. The van der Waals surface area contributed by atoms with Gasteiger partial charge in [0.2, 0.25) is 0 Å². The van der Waals surface area contributed by atoms with Crippen molar-refractivity contribution in [3.63, 3.8) is 0 Å². The van der Waals surface area contributed by atoms with Gasteiger partial charge in [0.1, 0.15) is 11.9 Å². The summed E-state index contributed by atoms with van der Waals surface area (Å²) in [5.41, 5.74) is 1.60. The molecule has 4 heterocycles. The highest BCUT2D eigenvalue weighted by Gasteiger charge is 2.24. The van der Waals surface area contributed by atoms with E-state index in [9.17, 15) is 4.79 Å². The first-order valence-corrected chi connectivity index (χ1v) is 7.43. The van der Waals surface area contributed by atoms with Crippen LogP contribution in [0.1, 0.15) is 12.8 Å². The number of hydrogen-bond donors (Lipinski definition) is 2. The van der Waals surface area contributed by atoms with Crippen molar-refractivity contribution in [2.24, 2.45) is 0 Å². The monoisotopic (exact) mass is 313 g/mol. The summed E-state index contributed by atoms with van der Waals surface area (Å²) >= 11 is 0. The fourth-order valence-electron chi connectivity index (χ4n) is 3.11. The molecule has 1 aliphatic heterocycles. The van der Waals surface area contributed by atoms with Crippen LogP contribution in [0.4, 0.5) is 10.6 Å². The van der Waals surface area contributed by atoms with Gasteiger partial charge in [0, 0.05) is 37.5 Å². The van der Waals surface area contributed by atoms with Gasteiger partial charge < -0.3 is 19.7 Å². The summed E-state index contributed by atoms with van der Waals surface area (Å²) in [5.74, 6) is 0.868. The molecule has 0 radical (unpaired) electrons. The quantitative estimate of drug-likeness (QED) is 0.699. The Hall–Kier alpha value is -2.90. The van der Waals surface area contributed by atoms with E-state index in [4.69, 9.17) is 9.84 Å². The number of nitrogens with zero attached hydrogens (tertiary/aromatic N) is 4. The third-order valence-electron chi connectivity index (χ3n) is 4.17. The Morgan fingerprint density at radius 2 is 2.13 bits per heavy atom. The average Bonchev–Trinajstić information content (AvgIpc) is 3.03. The third-order valence-corrected chi connectivity index (χ3v) is 4.17. The van der Waals surface area contributed by atoms with Crippen LogP contribution in [-0.2, 0) is 4.74 Å². The predicted molar refractivity (Wildman–Crippen MR) is 83.5 cm³/mol. The van der Waals surface area contributed by atoms with E-state index in [0.717, 1.165) is 22.1 Å². The lowest BCUT2D eigenvalue weighted by Gasteiger charge is -2.32. The van der Waals surface area contributed by atoms with E-state index in [1.807, 2.05) is 6.07 Å². The number of piperidine rings is 1. The van der Waals surface area contributed by atoms with Crippen molar-refractivity contribution in [1.82, 2.24) is 19.9 Å². The van der Waals surface area contributed by atoms with Crippen molar-refractivity contribution in [2.75, 3.05) is 18.0 Å². The zero-order valence-electron chi connectivity index (χ0n) is 12.3. The third kappa shape index (κ3) is 2.41. The molecule has 1 saturated heterocycles. The second-order valence-electron chi connectivity index (χ2n) is 5.53. The molecule has 0 amide bonds. The predicted octanol–water partition coefficient (Wildman–Crippen LogP) is 2.17. The number of aromatic nitrogens is 4. The second-order valence-corrected chi connectivity index (χ2v) is 5.53. The highest BCUT2D eigenvalue weighted by molar-refractivity contribution is 6.08. The van der Waals surface area contributed by atoms with Gasteiger partial charge >= 0.3 is 6.16 Å². The van der Waals surface area contributed by atoms with Crippen molar-refractivity contribution >= 4 is 33.9 Å². The largest absolute Gasteiger partial charge is 0.506 e. The summed E-state index contributed by atoms with van der Waals surface area (Å²) < 4.78 is 4.86. The van der Waals surface area contributed by atoms with Gasteiger partial charge in [0.25, 0.3) is 0 Å². The Morgan fingerprint density at radius 3 is 2.91 bits per heavy atom. The number of carboxylic acid groups (broad SMARTS) is 1. The number of ether oxygens (including phenoxy) is 1. The molecular formula is C15H15N5O3. The lowest BCUT2D eigenvalue weighted by Crippen LogP contribution is -2.38. The Kier molecular flexibility index (Phi) is 3.22. The summed E-state index contributed by atoms with van der Waals surface area (Å²) in [6.07, 6.45) is 5.01. The van der Waals surface area contributed by atoms with Gasteiger partial charge in [-0.1, -0.05) is 0 Å². The van der Waals surface area contributed by atoms with E-state index in [1.54, 1.807) is 18.7 Å². The first-order chi connectivity index (χ1) is 11.2. The Labute approximate surface area is 131 Å². The number of rotatable bonds is 2. The molecule has 0 aromatic carbocycles. The Bertz CT molecular complexity index is 870. The average molecular weight is 313 g/mol. The number of H-pyrrole nitrogens is 1. The molecule has 3 aromatic heterocycles.